The molecule has 1 amide bonds. The van der Waals surface area contributed by atoms with E-state index in [1.165, 1.54) is 18.3 Å². The summed E-state index contributed by atoms with van der Waals surface area (Å²) in [6.07, 6.45) is 1.75. The number of Topliss-reactive ketones (excluding diaryl/α,β-unsaturated/α-hetero) is 1. The standard InChI is InChI=1S/C19H22N4O2S/c1-11(2)17(10-21-19-20-6-7-26-19)23-18(25)16-9-14-8-13(12(3)24)4-5-15(14)22-16/h4-9,11,17,22H,10H2,1-3H3,(H,20,21)(H,23,25)/t17-/m1/s1. The Morgan fingerprint density at radius 1 is 1.27 bits per heavy atom. The van der Waals surface area contributed by atoms with Crippen molar-refractivity contribution < 1.29 is 9.59 Å². The molecule has 0 radical (unpaired) electrons. The zero-order valence-corrected chi connectivity index (χ0v) is 15.8. The highest BCUT2D eigenvalue weighted by molar-refractivity contribution is 7.13. The molecule has 6 nitrogen and oxygen atoms in total. The maximum Gasteiger partial charge on any atom is 0.268 e. The molecule has 0 saturated carbocycles. The van der Waals surface area contributed by atoms with E-state index in [-0.39, 0.29) is 23.7 Å². The van der Waals surface area contributed by atoms with Crippen molar-refractivity contribution in [2.45, 2.75) is 26.8 Å². The molecule has 1 atom stereocenters. The summed E-state index contributed by atoms with van der Waals surface area (Å²) in [6.45, 7) is 6.27. The van der Waals surface area contributed by atoms with Gasteiger partial charge in [-0.25, -0.2) is 4.98 Å². The first-order valence-corrected chi connectivity index (χ1v) is 9.40. The van der Waals surface area contributed by atoms with E-state index in [0.717, 1.165) is 16.0 Å². The van der Waals surface area contributed by atoms with Crippen LogP contribution in [0.25, 0.3) is 10.9 Å². The fraction of sp³-hybridized carbons (Fsp3) is 0.316. The van der Waals surface area contributed by atoms with E-state index >= 15 is 0 Å². The number of benzene rings is 1. The van der Waals surface area contributed by atoms with E-state index < -0.39 is 0 Å². The fourth-order valence-corrected chi connectivity index (χ4v) is 3.22. The highest BCUT2D eigenvalue weighted by Gasteiger charge is 2.19. The first-order valence-electron chi connectivity index (χ1n) is 8.52. The minimum atomic E-state index is -0.162. The summed E-state index contributed by atoms with van der Waals surface area (Å²) in [6, 6.07) is 7.13. The quantitative estimate of drug-likeness (QED) is 0.554. The van der Waals surface area contributed by atoms with Crippen LogP contribution in [0.3, 0.4) is 0 Å². The van der Waals surface area contributed by atoms with Crippen molar-refractivity contribution in [3.63, 3.8) is 0 Å². The molecular weight excluding hydrogens is 348 g/mol. The predicted molar refractivity (Wildman–Crippen MR) is 105 cm³/mol. The maximum absolute atomic E-state index is 12.7. The van der Waals surface area contributed by atoms with E-state index in [1.807, 2.05) is 11.4 Å². The number of carbonyl (C=O) groups is 2. The third-order valence-corrected chi connectivity index (χ3v) is 5.03. The minimum Gasteiger partial charge on any atom is -0.359 e. The van der Waals surface area contributed by atoms with E-state index in [4.69, 9.17) is 0 Å². The number of aromatic nitrogens is 2. The smallest absolute Gasteiger partial charge is 0.268 e. The van der Waals surface area contributed by atoms with E-state index in [9.17, 15) is 9.59 Å². The van der Waals surface area contributed by atoms with Crippen LogP contribution in [-0.2, 0) is 0 Å². The van der Waals surface area contributed by atoms with Crippen LogP contribution in [0, 0.1) is 5.92 Å². The van der Waals surface area contributed by atoms with Gasteiger partial charge in [0, 0.05) is 40.6 Å². The molecule has 3 rings (SSSR count). The van der Waals surface area contributed by atoms with Crippen LogP contribution in [0.4, 0.5) is 5.13 Å². The van der Waals surface area contributed by atoms with Crippen LogP contribution in [-0.4, -0.2) is 34.2 Å². The molecule has 2 aromatic heterocycles. The molecule has 1 aromatic carbocycles. The lowest BCUT2D eigenvalue weighted by molar-refractivity contribution is 0.0924. The van der Waals surface area contributed by atoms with Gasteiger partial charge in [0.05, 0.1) is 0 Å². The average Bonchev–Trinajstić information content (AvgIpc) is 3.26. The lowest BCUT2D eigenvalue weighted by Gasteiger charge is -2.22. The second kappa shape index (κ2) is 7.70. The summed E-state index contributed by atoms with van der Waals surface area (Å²) < 4.78 is 0. The number of nitrogens with zero attached hydrogens (tertiary/aromatic N) is 1. The molecule has 0 saturated heterocycles. The summed E-state index contributed by atoms with van der Waals surface area (Å²) in [5, 5.41) is 9.92. The van der Waals surface area contributed by atoms with Crippen molar-refractivity contribution in [1.29, 1.82) is 0 Å². The molecule has 3 N–H and O–H groups in total. The Labute approximate surface area is 156 Å². The van der Waals surface area contributed by atoms with Gasteiger partial charge in [0.1, 0.15) is 5.69 Å². The number of hydrogen-bond acceptors (Lipinski definition) is 5. The van der Waals surface area contributed by atoms with E-state index in [1.54, 1.807) is 24.4 Å². The van der Waals surface area contributed by atoms with Gasteiger partial charge in [0.25, 0.3) is 5.91 Å². The zero-order valence-electron chi connectivity index (χ0n) is 15.0. The molecule has 0 fully saturated rings. The molecule has 0 aliphatic heterocycles. The zero-order chi connectivity index (χ0) is 18.7. The third kappa shape index (κ3) is 4.11. The van der Waals surface area contributed by atoms with Crippen molar-refractivity contribution >= 4 is 39.1 Å². The van der Waals surface area contributed by atoms with Crippen molar-refractivity contribution in [2.24, 2.45) is 5.92 Å². The Morgan fingerprint density at radius 2 is 2.08 bits per heavy atom. The van der Waals surface area contributed by atoms with Gasteiger partial charge in [-0.2, -0.15) is 0 Å². The number of aromatic amines is 1. The molecule has 136 valence electrons. The van der Waals surface area contributed by atoms with Gasteiger partial charge in [0.2, 0.25) is 0 Å². The van der Waals surface area contributed by atoms with Gasteiger partial charge in [-0.3, -0.25) is 9.59 Å². The number of hydrogen-bond donors (Lipinski definition) is 3. The number of thiazole rings is 1. The fourth-order valence-electron chi connectivity index (χ4n) is 2.68. The molecule has 0 aliphatic carbocycles. The first kappa shape index (κ1) is 18.1. The Hall–Kier alpha value is -2.67. The van der Waals surface area contributed by atoms with Gasteiger partial charge in [-0.05, 0) is 37.1 Å². The molecular formula is C19H22N4O2S. The van der Waals surface area contributed by atoms with Crippen LogP contribution in [0.5, 0.6) is 0 Å². The number of nitrogens with one attached hydrogen (secondary N) is 3. The number of rotatable bonds is 7. The van der Waals surface area contributed by atoms with E-state index in [2.05, 4.69) is 34.4 Å². The monoisotopic (exact) mass is 370 g/mol. The Bertz CT molecular complexity index is 915. The molecule has 0 bridgehead atoms. The summed E-state index contributed by atoms with van der Waals surface area (Å²) in [7, 11) is 0. The van der Waals surface area contributed by atoms with Gasteiger partial charge in [0.15, 0.2) is 10.9 Å². The second-order valence-corrected chi connectivity index (χ2v) is 7.48. The number of H-pyrrole nitrogens is 1. The number of anilines is 1. The lowest BCUT2D eigenvalue weighted by Crippen LogP contribution is -2.43. The highest BCUT2D eigenvalue weighted by Crippen LogP contribution is 2.18. The second-order valence-electron chi connectivity index (χ2n) is 6.58. The molecule has 0 aliphatic rings. The third-order valence-electron chi connectivity index (χ3n) is 4.30. The first-order chi connectivity index (χ1) is 12.4. The Balaban J connectivity index is 1.72. The molecule has 2 heterocycles. The molecule has 0 unspecified atom stereocenters. The summed E-state index contributed by atoms with van der Waals surface area (Å²) >= 11 is 1.53. The Kier molecular flexibility index (Phi) is 5.37. The van der Waals surface area contributed by atoms with Crippen LogP contribution >= 0.6 is 11.3 Å². The highest BCUT2D eigenvalue weighted by atomic mass is 32.1. The summed E-state index contributed by atoms with van der Waals surface area (Å²) in [5.74, 6) is 0.109. The number of carbonyl (C=O) groups excluding carboxylic acids is 2. The van der Waals surface area contributed by atoms with Crippen molar-refractivity contribution in [2.75, 3.05) is 11.9 Å². The predicted octanol–water partition coefficient (Wildman–Crippen LogP) is 3.69. The number of fused-ring (bicyclic) bond motifs is 1. The van der Waals surface area contributed by atoms with Crippen molar-refractivity contribution in [3.05, 3.63) is 47.1 Å². The lowest BCUT2D eigenvalue weighted by atomic mass is 10.0. The van der Waals surface area contributed by atoms with E-state index in [0.29, 0.717) is 17.8 Å². The number of ketones is 1. The molecule has 26 heavy (non-hydrogen) atoms. The topological polar surface area (TPSA) is 86.9 Å². The maximum atomic E-state index is 12.7. The molecule has 7 heteroatoms. The van der Waals surface area contributed by atoms with Crippen LogP contribution < -0.4 is 10.6 Å². The van der Waals surface area contributed by atoms with Gasteiger partial charge >= 0.3 is 0 Å². The van der Waals surface area contributed by atoms with Crippen LogP contribution in [0.15, 0.2) is 35.8 Å². The summed E-state index contributed by atoms with van der Waals surface area (Å²) in [4.78, 5) is 31.5. The number of amides is 1. The van der Waals surface area contributed by atoms with Crippen molar-refractivity contribution in [3.8, 4) is 0 Å². The van der Waals surface area contributed by atoms with Crippen LogP contribution in [0.1, 0.15) is 41.6 Å². The van der Waals surface area contributed by atoms with Crippen molar-refractivity contribution in [1.82, 2.24) is 15.3 Å². The summed E-state index contributed by atoms with van der Waals surface area (Å²) in [5.41, 5.74) is 1.96. The molecule has 3 aromatic rings. The normalized spacial score (nSPS) is 12.3. The van der Waals surface area contributed by atoms with Crippen LogP contribution in [0.2, 0.25) is 0 Å². The largest absolute Gasteiger partial charge is 0.359 e. The molecule has 0 spiro atoms. The van der Waals surface area contributed by atoms with Gasteiger partial charge < -0.3 is 15.6 Å². The Morgan fingerprint density at radius 3 is 2.73 bits per heavy atom. The minimum absolute atomic E-state index is 0.00670. The van der Waals surface area contributed by atoms with Gasteiger partial charge in [-0.1, -0.05) is 13.8 Å². The van der Waals surface area contributed by atoms with Gasteiger partial charge in [-0.15, -0.1) is 11.3 Å². The SMILES string of the molecule is CC(=O)c1ccc2[nH]c(C(=O)N[C@H](CNc3nccs3)C(C)C)cc2c1. The average molecular weight is 370 g/mol.